The number of nitrogens with zero attached hydrogens (tertiary/aromatic N) is 1. The van der Waals surface area contributed by atoms with Crippen LogP contribution < -0.4 is 11.1 Å². The number of hydrogen-bond acceptors (Lipinski definition) is 5. The number of rotatable bonds is 6. The van der Waals surface area contributed by atoms with Gasteiger partial charge in [-0.15, -0.1) is 0 Å². The fraction of sp³-hybridized carbons (Fsp3) is 0.464. The molecule has 0 unspecified atom stereocenters. The molecule has 2 aliphatic rings. The van der Waals surface area contributed by atoms with Gasteiger partial charge in [0.15, 0.2) is 0 Å². The maximum absolute atomic E-state index is 15.5. The van der Waals surface area contributed by atoms with Crippen LogP contribution in [0.15, 0.2) is 30.3 Å². The van der Waals surface area contributed by atoms with Crippen molar-refractivity contribution in [2.45, 2.75) is 70.9 Å². The molecule has 2 heterocycles. The molecular weight excluding hydrogens is 512 g/mol. The Morgan fingerprint density at radius 3 is 2.45 bits per heavy atom. The number of carbonyl (C=O) groups is 1. The number of fused-ring (bicyclic) bond motifs is 3. The van der Waals surface area contributed by atoms with Crippen molar-refractivity contribution in [3.05, 3.63) is 53.2 Å². The molecule has 2 aromatic carbocycles. The molecule has 0 bridgehead atoms. The zero-order valence-electron chi connectivity index (χ0n) is 21.6. The third-order valence-corrected chi connectivity index (χ3v) is 10.4. The summed E-state index contributed by atoms with van der Waals surface area (Å²) in [6.45, 7) is 3.92. The monoisotopic (exact) mass is 545 g/mol. The van der Waals surface area contributed by atoms with Crippen molar-refractivity contribution in [3.8, 4) is 11.1 Å². The lowest BCUT2D eigenvalue weighted by molar-refractivity contribution is 0.0996. The molecule has 7 nitrogen and oxygen atoms in total. The number of hydrogen-bond donors (Lipinski definition) is 3. The van der Waals surface area contributed by atoms with Gasteiger partial charge in [-0.25, -0.2) is 21.2 Å². The van der Waals surface area contributed by atoms with Crippen LogP contribution in [-0.4, -0.2) is 41.3 Å². The number of aliphatic hydroxyl groups excluding tert-OH is 1. The van der Waals surface area contributed by atoms with E-state index in [1.54, 1.807) is 6.07 Å². The van der Waals surface area contributed by atoms with Gasteiger partial charge in [-0.3, -0.25) is 4.79 Å². The lowest BCUT2D eigenvalue weighted by Gasteiger charge is -2.36. The second kappa shape index (κ2) is 9.64. The highest BCUT2D eigenvalue weighted by Gasteiger charge is 2.42. The van der Waals surface area contributed by atoms with Gasteiger partial charge in [0.2, 0.25) is 10.0 Å². The van der Waals surface area contributed by atoms with E-state index in [0.717, 1.165) is 0 Å². The molecule has 1 aliphatic carbocycles. The Bertz CT molecular complexity index is 1520. The number of nitrogens with one attached hydrogen (secondary N) is 1. The van der Waals surface area contributed by atoms with Gasteiger partial charge in [-0.2, -0.15) is 0 Å². The smallest absolute Gasteiger partial charge is 0.253 e. The summed E-state index contributed by atoms with van der Waals surface area (Å²) < 4.78 is 58.4. The number of benzene rings is 2. The van der Waals surface area contributed by atoms with E-state index in [1.165, 1.54) is 28.2 Å². The Balaban J connectivity index is 1.75. The Morgan fingerprint density at radius 1 is 1.13 bits per heavy atom. The summed E-state index contributed by atoms with van der Waals surface area (Å²) in [5.74, 6) is -2.37. The van der Waals surface area contributed by atoms with Crippen molar-refractivity contribution in [2.24, 2.45) is 11.1 Å². The molecule has 1 aromatic heterocycles. The Labute approximate surface area is 221 Å². The first kappa shape index (κ1) is 26.6. The molecule has 3 aromatic rings. The Kier molecular flexibility index (Phi) is 6.76. The van der Waals surface area contributed by atoms with Gasteiger partial charge in [0.05, 0.1) is 28.6 Å². The number of aromatic nitrogens is 1. The Hall–Kier alpha value is -2.98. The summed E-state index contributed by atoms with van der Waals surface area (Å²) in [4.78, 5) is 12.2. The number of anilines is 1. The van der Waals surface area contributed by atoms with Crippen LogP contribution in [0.5, 0.6) is 0 Å². The quantitative estimate of drug-likeness (QED) is 0.406. The Morgan fingerprint density at radius 2 is 1.82 bits per heavy atom. The first-order valence-corrected chi connectivity index (χ1v) is 14.7. The van der Waals surface area contributed by atoms with Crippen LogP contribution in [-0.2, 0) is 16.4 Å². The molecule has 38 heavy (non-hydrogen) atoms. The van der Waals surface area contributed by atoms with E-state index < -0.39 is 33.0 Å². The van der Waals surface area contributed by atoms with Crippen LogP contribution in [0.3, 0.4) is 0 Å². The SMILES string of the molecule is CCC1(CC)Cc2c(-c3cc(F)c(C(N)=O)c(NC4CCC(O)CC4)c3)c3ccc(F)cc3n2S(=O)(=O)C1. The highest BCUT2D eigenvalue weighted by Crippen LogP contribution is 2.46. The second-order valence-electron chi connectivity index (χ2n) is 10.8. The average Bonchev–Trinajstić information content (AvgIpc) is 3.18. The van der Waals surface area contributed by atoms with Crippen molar-refractivity contribution in [2.75, 3.05) is 11.1 Å². The van der Waals surface area contributed by atoms with Crippen molar-refractivity contribution < 1.29 is 27.1 Å². The molecule has 0 atom stereocenters. The molecule has 5 rings (SSSR count). The van der Waals surface area contributed by atoms with Gasteiger partial charge in [-0.1, -0.05) is 13.8 Å². The number of amides is 1. The zero-order chi connectivity index (χ0) is 27.4. The first-order valence-electron chi connectivity index (χ1n) is 13.1. The van der Waals surface area contributed by atoms with Crippen LogP contribution >= 0.6 is 0 Å². The molecular formula is C28H33F2N3O4S. The minimum absolute atomic E-state index is 0.0605. The van der Waals surface area contributed by atoms with Gasteiger partial charge >= 0.3 is 0 Å². The number of halogens is 2. The molecule has 4 N–H and O–H groups in total. The van der Waals surface area contributed by atoms with Crippen molar-refractivity contribution >= 4 is 32.5 Å². The average molecular weight is 546 g/mol. The second-order valence-corrected chi connectivity index (χ2v) is 12.6. The number of nitrogens with two attached hydrogens (primary N) is 1. The molecule has 1 saturated carbocycles. The maximum Gasteiger partial charge on any atom is 0.253 e. The molecule has 1 aliphatic heterocycles. The minimum Gasteiger partial charge on any atom is -0.393 e. The molecule has 0 saturated heterocycles. The zero-order valence-corrected chi connectivity index (χ0v) is 22.4. The van der Waals surface area contributed by atoms with Crippen LogP contribution in [0.1, 0.15) is 68.4 Å². The number of carbonyl (C=O) groups excluding carboxylic acids is 1. The molecule has 1 amide bonds. The number of aliphatic hydroxyl groups is 1. The summed E-state index contributed by atoms with van der Waals surface area (Å²) in [6.07, 6.45) is 3.76. The van der Waals surface area contributed by atoms with Gasteiger partial charge in [0.1, 0.15) is 11.6 Å². The first-order chi connectivity index (χ1) is 18.0. The maximum atomic E-state index is 15.5. The number of primary amides is 1. The van der Waals surface area contributed by atoms with E-state index >= 15 is 4.39 Å². The predicted molar refractivity (Wildman–Crippen MR) is 144 cm³/mol. The lowest BCUT2D eigenvalue weighted by Crippen LogP contribution is -2.40. The van der Waals surface area contributed by atoms with Crippen LogP contribution in [0.4, 0.5) is 14.5 Å². The highest BCUT2D eigenvalue weighted by atomic mass is 32.2. The standard InChI is InChI=1S/C28H33F2N3O4S/c1-3-28(4-2)14-24-25(20-10-5-17(29)13-23(20)33(24)38(36,37)15-28)16-11-21(30)26(27(31)35)22(12-16)32-18-6-8-19(34)9-7-18/h5,10-13,18-19,32,34H,3-4,6-9,14-15H2,1-2H3,(H2,31,35). The van der Waals surface area contributed by atoms with E-state index in [9.17, 15) is 22.7 Å². The molecule has 0 spiro atoms. The largest absolute Gasteiger partial charge is 0.393 e. The minimum atomic E-state index is -3.83. The topological polar surface area (TPSA) is 114 Å². The van der Waals surface area contributed by atoms with Crippen molar-refractivity contribution in [3.63, 3.8) is 0 Å². The van der Waals surface area contributed by atoms with Gasteiger partial charge in [-0.05, 0) is 86.3 Å². The fourth-order valence-electron chi connectivity index (χ4n) is 6.20. The van der Waals surface area contributed by atoms with E-state index in [-0.39, 0.29) is 34.7 Å². The van der Waals surface area contributed by atoms with Crippen LogP contribution in [0.2, 0.25) is 0 Å². The predicted octanol–water partition coefficient (Wildman–Crippen LogP) is 4.94. The fourth-order valence-corrected chi connectivity index (χ4v) is 8.56. The van der Waals surface area contributed by atoms with Gasteiger partial charge in [0, 0.05) is 22.7 Å². The van der Waals surface area contributed by atoms with E-state index in [1.807, 2.05) is 13.8 Å². The van der Waals surface area contributed by atoms with Crippen molar-refractivity contribution in [1.29, 1.82) is 0 Å². The van der Waals surface area contributed by atoms with Crippen LogP contribution in [0, 0.1) is 17.0 Å². The summed E-state index contributed by atoms with van der Waals surface area (Å²) >= 11 is 0. The van der Waals surface area contributed by atoms with E-state index in [0.29, 0.717) is 67.2 Å². The summed E-state index contributed by atoms with van der Waals surface area (Å²) in [7, 11) is -3.83. The summed E-state index contributed by atoms with van der Waals surface area (Å²) in [5, 5.41) is 13.6. The molecule has 1 fully saturated rings. The molecule has 0 radical (unpaired) electrons. The van der Waals surface area contributed by atoms with E-state index in [2.05, 4.69) is 5.32 Å². The van der Waals surface area contributed by atoms with Gasteiger partial charge < -0.3 is 16.2 Å². The summed E-state index contributed by atoms with van der Waals surface area (Å²) in [6, 6.07) is 6.73. The van der Waals surface area contributed by atoms with Crippen LogP contribution in [0.25, 0.3) is 22.0 Å². The molecule has 204 valence electrons. The van der Waals surface area contributed by atoms with Gasteiger partial charge in [0.25, 0.3) is 5.91 Å². The van der Waals surface area contributed by atoms with Crippen molar-refractivity contribution in [1.82, 2.24) is 3.97 Å². The normalized spacial score (nSPS) is 22.2. The highest BCUT2D eigenvalue weighted by molar-refractivity contribution is 7.90. The summed E-state index contributed by atoms with van der Waals surface area (Å²) in [5.41, 5.74) is 6.58. The van der Waals surface area contributed by atoms with E-state index in [4.69, 9.17) is 5.73 Å². The third-order valence-electron chi connectivity index (χ3n) is 8.47. The third kappa shape index (κ3) is 4.47. The molecule has 10 heteroatoms. The lowest BCUT2D eigenvalue weighted by atomic mass is 9.78.